The summed E-state index contributed by atoms with van der Waals surface area (Å²) in [6.45, 7) is 8.62. The zero-order valence-electron chi connectivity index (χ0n) is 28.5. The third kappa shape index (κ3) is 17.5. The van der Waals surface area contributed by atoms with Gasteiger partial charge in [0, 0.05) is 20.0 Å². The Labute approximate surface area is 277 Å². The summed E-state index contributed by atoms with van der Waals surface area (Å²) in [6.07, 6.45) is 3.17. The molecule has 6 atom stereocenters. The van der Waals surface area contributed by atoms with Crippen LogP contribution in [0.4, 0.5) is 0 Å². The van der Waals surface area contributed by atoms with Crippen LogP contribution < -0.4 is 49.1 Å². The maximum absolute atomic E-state index is 13.5. The van der Waals surface area contributed by atoms with Crippen molar-refractivity contribution in [1.82, 2.24) is 31.9 Å². The highest BCUT2D eigenvalue weighted by Crippen LogP contribution is 2.09. The Morgan fingerprint density at radius 1 is 0.702 bits per heavy atom. The first-order valence-electron chi connectivity index (χ1n) is 16.4. The number of hydrogen-bond donors (Lipinski definition) is 10. The summed E-state index contributed by atoms with van der Waals surface area (Å²) in [5.74, 6) is -3.90. The van der Waals surface area contributed by atoms with E-state index in [1.54, 1.807) is 20.8 Å². The molecule has 6 amide bonds. The van der Waals surface area contributed by atoms with Crippen molar-refractivity contribution in [2.45, 2.75) is 116 Å². The van der Waals surface area contributed by atoms with Crippen LogP contribution in [0.1, 0.15) is 86.0 Å². The van der Waals surface area contributed by atoms with Crippen LogP contribution in [0.5, 0.6) is 0 Å². The van der Waals surface area contributed by atoms with E-state index in [4.69, 9.17) is 17.2 Å². The lowest BCUT2D eigenvalue weighted by molar-refractivity contribution is -0.136. The van der Waals surface area contributed by atoms with Gasteiger partial charge in [-0.2, -0.15) is 0 Å². The lowest BCUT2D eigenvalue weighted by Crippen LogP contribution is -2.60. The van der Waals surface area contributed by atoms with Gasteiger partial charge in [0.15, 0.2) is 5.96 Å². The average molecular weight is 671 g/mol. The summed E-state index contributed by atoms with van der Waals surface area (Å²) in [7, 11) is 0. The van der Waals surface area contributed by atoms with Crippen LogP contribution in [-0.2, 0) is 28.8 Å². The molecule has 13 N–H and O–H groups in total. The molecule has 0 aliphatic carbocycles. The zero-order valence-corrected chi connectivity index (χ0v) is 28.5. The fourth-order valence-corrected chi connectivity index (χ4v) is 4.58. The van der Waals surface area contributed by atoms with Gasteiger partial charge in [-0.05, 0) is 57.9 Å². The fraction of sp³-hybridized carbons (Fsp3) is 0.767. The average Bonchev–Trinajstić information content (AvgIpc) is 3.02. The number of carbonyl (C=O) groups excluding carboxylic acids is 6. The van der Waals surface area contributed by atoms with E-state index in [0.29, 0.717) is 45.2 Å². The van der Waals surface area contributed by atoms with Crippen LogP contribution in [0.25, 0.3) is 0 Å². The number of nitrogens with one attached hydrogen (secondary N) is 6. The largest absolute Gasteiger partial charge is 0.394 e. The molecule has 0 aliphatic rings. The van der Waals surface area contributed by atoms with Gasteiger partial charge in [-0.3, -0.25) is 33.8 Å². The highest BCUT2D eigenvalue weighted by molar-refractivity contribution is 5.96. The van der Waals surface area contributed by atoms with E-state index in [9.17, 15) is 33.9 Å². The predicted molar refractivity (Wildman–Crippen MR) is 178 cm³/mol. The van der Waals surface area contributed by atoms with E-state index in [0.717, 1.165) is 0 Å². The Morgan fingerprint density at radius 2 is 1.21 bits per heavy atom. The topological polar surface area (TPSA) is 285 Å². The van der Waals surface area contributed by atoms with Crippen molar-refractivity contribution in [2.75, 3.05) is 26.2 Å². The van der Waals surface area contributed by atoms with Gasteiger partial charge in [0.05, 0.1) is 6.61 Å². The summed E-state index contributed by atoms with van der Waals surface area (Å²) in [5.41, 5.74) is 16.4. The van der Waals surface area contributed by atoms with Crippen molar-refractivity contribution >= 4 is 41.4 Å². The number of likely N-dealkylation sites (N-methyl/N-ethyl adjacent to an activating group) is 1. The Morgan fingerprint density at radius 3 is 1.68 bits per heavy atom. The normalized spacial score (nSPS) is 14.6. The molecule has 17 heteroatoms. The molecule has 0 aromatic heterocycles. The van der Waals surface area contributed by atoms with Crippen molar-refractivity contribution in [3.05, 3.63) is 0 Å². The van der Waals surface area contributed by atoms with Crippen molar-refractivity contribution in [3.63, 3.8) is 0 Å². The molecule has 0 fully saturated rings. The molecule has 0 bridgehead atoms. The van der Waals surface area contributed by atoms with Gasteiger partial charge < -0.3 is 54.2 Å². The van der Waals surface area contributed by atoms with Crippen molar-refractivity contribution in [1.29, 1.82) is 0 Å². The van der Waals surface area contributed by atoms with Gasteiger partial charge in [0.25, 0.3) is 0 Å². The number of amides is 6. The third-order valence-electron chi connectivity index (χ3n) is 7.39. The molecular formula is C30H58N10O7. The molecule has 0 aliphatic heterocycles. The maximum atomic E-state index is 13.5. The number of rotatable bonds is 24. The monoisotopic (exact) mass is 670 g/mol. The molecule has 0 radical (unpaired) electrons. The summed E-state index contributed by atoms with van der Waals surface area (Å²) in [4.78, 5) is 81.2. The number of aliphatic hydroxyl groups is 1. The molecule has 0 saturated heterocycles. The maximum Gasteiger partial charge on any atom is 0.245 e. The van der Waals surface area contributed by atoms with Crippen molar-refractivity contribution in [3.8, 4) is 0 Å². The molecule has 0 heterocycles. The Balaban J connectivity index is 5.84. The minimum absolute atomic E-state index is 0.0898. The van der Waals surface area contributed by atoms with E-state index < -0.39 is 72.3 Å². The van der Waals surface area contributed by atoms with E-state index in [1.807, 2.05) is 6.92 Å². The zero-order chi connectivity index (χ0) is 35.9. The number of carbonyl (C=O) groups is 6. The minimum atomic E-state index is -1.41. The molecule has 1 unspecified atom stereocenters. The van der Waals surface area contributed by atoms with Crippen LogP contribution in [-0.4, -0.2) is 103 Å². The van der Waals surface area contributed by atoms with Crippen LogP contribution in [0.3, 0.4) is 0 Å². The summed E-state index contributed by atoms with van der Waals surface area (Å²) in [5, 5.41) is 25.6. The lowest BCUT2D eigenvalue weighted by Gasteiger charge is -2.27. The molecule has 0 aromatic rings. The molecular weight excluding hydrogens is 612 g/mol. The highest BCUT2D eigenvalue weighted by atomic mass is 16.3. The van der Waals surface area contributed by atoms with Crippen LogP contribution >= 0.6 is 0 Å². The second-order valence-corrected chi connectivity index (χ2v) is 11.4. The van der Waals surface area contributed by atoms with E-state index in [1.165, 1.54) is 6.92 Å². The highest BCUT2D eigenvalue weighted by Gasteiger charge is 2.32. The first-order chi connectivity index (χ1) is 22.2. The van der Waals surface area contributed by atoms with E-state index in [-0.39, 0.29) is 37.7 Å². The second kappa shape index (κ2) is 24.2. The van der Waals surface area contributed by atoms with Crippen LogP contribution in [0, 0.1) is 5.92 Å². The van der Waals surface area contributed by atoms with Crippen molar-refractivity contribution < 1.29 is 33.9 Å². The standard InChI is InChI=1S/C30H58N10O7/c1-6-12-20(37-28(46)23(17-41)40-29(47)24(18(4)7-2)36-19(5)42)26(44)39-22(13-9-10-15-31)27(45)38-21(25(43)34-8-3)14-11-16-35-30(32)33/h18,20-24,41H,6-17,31H2,1-5H3,(H,34,43)(H,36,42)(H,37,46)(H,38,45)(H,39,44)(H,40,47)(H4,32,33,35)/t18-,20-,21-,22-,23-,24?/m0/s1. The quantitative estimate of drug-likeness (QED) is 0.0295. The SMILES string of the molecule is CCC[C@H](NC(=O)[C@H](CO)NC(=O)C(NC(C)=O)[C@@H](C)CC)C(=O)N[C@@H](CCCCN)C(=O)N[C@@H](CCCN=C(N)N)C(=O)NCC. The number of nitrogens with zero attached hydrogens (tertiary/aromatic N) is 1. The number of nitrogens with two attached hydrogens (primary N) is 3. The molecule has 47 heavy (non-hydrogen) atoms. The van der Waals surface area contributed by atoms with E-state index >= 15 is 0 Å². The Hall–Kier alpha value is -3.99. The molecule has 0 rings (SSSR count). The molecule has 0 aromatic carbocycles. The Bertz CT molecular complexity index is 1040. The third-order valence-corrected chi connectivity index (χ3v) is 7.39. The van der Waals surface area contributed by atoms with Crippen LogP contribution in [0.15, 0.2) is 4.99 Å². The van der Waals surface area contributed by atoms with Crippen molar-refractivity contribution in [2.24, 2.45) is 28.1 Å². The van der Waals surface area contributed by atoms with Gasteiger partial charge in [0.1, 0.15) is 30.2 Å². The molecule has 270 valence electrons. The lowest BCUT2D eigenvalue weighted by atomic mass is 9.98. The number of hydrogen-bond acceptors (Lipinski definition) is 9. The summed E-state index contributed by atoms with van der Waals surface area (Å²) < 4.78 is 0. The first-order valence-corrected chi connectivity index (χ1v) is 16.4. The number of guanidine groups is 1. The van der Waals surface area contributed by atoms with Crippen LogP contribution in [0.2, 0.25) is 0 Å². The van der Waals surface area contributed by atoms with Gasteiger partial charge in [-0.15, -0.1) is 0 Å². The minimum Gasteiger partial charge on any atom is -0.394 e. The number of unbranched alkanes of at least 4 members (excludes halogenated alkanes) is 1. The number of aliphatic imine (C=N–C) groups is 1. The summed E-state index contributed by atoms with van der Waals surface area (Å²) >= 11 is 0. The first kappa shape index (κ1) is 43.0. The molecule has 0 spiro atoms. The molecule has 17 nitrogen and oxygen atoms in total. The number of aliphatic hydroxyl groups excluding tert-OH is 1. The summed E-state index contributed by atoms with van der Waals surface area (Å²) in [6, 6.07) is -5.42. The fourth-order valence-electron chi connectivity index (χ4n) is 4.58. The smallest absolute Gasteiger partial charge is 0.245 e. The second-order valence-electron chi connectivity index (χ2n) is 11.4. The van der Waals surface area contributed by atoms with Gasteiger partial charge in [-0.25, -0.2) is 0 Å². The molecule has 0 saturated carbocycles. The van der Waals surface area contributed by atoms with Gasteiger partial charge >= 0.3 is 0 Å². The van der Waals surface area contributed by atoms with Gasteiger partial charge in [0.2, 0.25) is 35.4 Å². The Kier molecular flexibility index (Phi) is 22.2. The van der Waals surface area contributed by atoms with E-state index in [2.05, 4.69) is 36.9 Å². The van der Waals surface area contributed by atoms with Gasteiger partial charge in [-0.1, -0.05) is 33.6 Å². The predicted octanol–water partition coefficient (Wildman–Crippen LogP) is -2.41.